The molecule has 1 N–H and O–H groups in total. The lowest BCUT2D eigenvalue weighted by Gasteiger charge is -2.11. The molecule has 1 aromatic heterocycles. The number of aromatic nitrogens is 1. The molecule has 0 saturated carbocycles. The molecule has 0 aliphatic heterocycles. The molecule has 0 saturated heterocycles. The van der Waals surface area contributed by atoms with Gasteiger partial charge in [-0.05, 0) is 43.3 Å². The van der Waals surface area contributed by atoms with Gasteiger partial charge in [-0.1, -0.05) is 35.8 Å². The lowest BCUT2D eigenvalue weighted by Crippen LogP contribution is -2.10. The molecule has 1 heterocycles. The molecule has 0 unspecified atom stereocenters. The SMILES string of the molecule is CN(C)Cc1cccc(Cc2ccc(N[N+](=O)[O-])nc2)c1. The van der Waals surface area contributed by atoms with E-state index < -0.39 is 5.03 Å². The molecule has 0 aliphatic carbocycles. The highest BCUT2D eigenvalue weighted by Gasteiger charge is 2.03. The van der Waals surface area contributed by atoms with Crippen molar-refractivity contribution >= 4 is 5.82 Å². The first kappa shape index (κ1) is 14.9. The minimum absolute atomic E-state index is 0.241. The lowest BCUT2D eigenvalue weighted by molar-refractivity contribution is -0.445. The summed E-state index contributed by atoms with van der Waals surface area (Å²) >= 11 is 0. The van der Waals surface area contributed by atoms with Crippen LogP contribution in [0.5, 0.6) is 0 Å². The first-order valence-electron chi connectivity index (χ1n) is 6.61. The molecular formula is C15H18N4O2. The summed E-state index contributed by atoms with van der Waals surface area (Å²) in [6, 6.07) is 11.8. The van der Waals surface area contributed by atoms with Gasteiger partial charge in [0, 0.05) is 12.7 Å². The minimum Gasteiger partial charge on any atom is -0.305 e. The van der Waals surface area contributed by atoms with Gasteiger partial charge in [-0.15, -0.1) is 0 Å². The second kappa shape index (κ2) is 6.81. The zero-order valence-electron chi connectivity index (χ0n) is 12.1. The number of hydrogen-bond donors (Lipinski definition) is 1. The van der Waals surface area contributed by atoms with Crippen LogP contribution in [0.25, 0.3) is 0 Å². The van der Waals surface area contributed by atoms with Crippen LogP contribution in [0.2, 0.25) is 0 Å². The van der Waals surface area contributed by atoms with Crippen molar-refractivity contribution in [2.75, 3.05) is 19.5 Å². The van der Waals surface area contributed by atoms with Crippen LogP contribution in [-0.4, -0.2) is 29.0 Å². The first-order valence-corrected chi connectivity index (χ1v) is 6.61. The van der Waals surface area contributed by atoms with Gasteiger partial charge in [0.2, 0.25) is 0 Å². The van der Waals surface area contributed by atoms with E-state index in [1.54, 1.807) is 12.3 Å². The Bertz CT molecular complexity index is 611. The average molecular weight is 286 g/mol. The molecule has 0 bridgehead atoms. The molecule has 110 valence electrons. The smallest absolute Gasteiger partial charge is 0.190 e. The maximum Gasteiger partial charge on any atom is 0.190 e. The highest BCUT2D eigenvalue weighted by atomic mass is 16.7. The largest absolute Gasteiger partial charge is 0.305 e. The Morgan fingerprint density at radius 1 is 1.19 bits per heavy atom. The van der Waals surface area contributed by atoms with Crippen molar-refractivity contribution < 1.29 is 5.03 Å². The number of pyridine rings is 1. The van der Waals surface area contributed by atoms with Crippen molar-refractivity contribution in [1.29, 1.82) is 0 Å². The van der Waals surface area contributed by atoms with E-state index in [-0.39, 0.29) is 5.82 Å². The molecule has 0 radical (unpaired) electrons. The third-order valence-electron chi connectivity index (χ3n) is 2.93. The highest BCUT2D eigenvalue weighted by molar-refractivity contribution is 5.35. The Morgan fingerprint density at radius 2 is 1.95 bits per heavy atom. The molecule has 1 aromatic carbocycles. The van der Waals surface area contributed by atoms with Crippen LogP contribution in [-0.2, 0) is 13.0 Å². The standard InChI is InChI=1S/C15H18N4O2/c1-18(2)11-14-5-3-4-12(9-14)8-13-6-7-15(16-10-13)17-19(20)21/h3-7,9-10H,8,11H2,1-2H3,(H,16,17). The molecule has 6 heteroatoms. The van der Waals surface area contributed by atoms with Gasteiger partial charge >= 0.3 is 0 Å². The predicted octanol–water partition coefficient (Wildman–Crippen LogP) is 2.34. The summed E-state index contributed by atoms with van der Waals surface area (Å²) in [4.78, 5) is 16.5. The van der Waals surface area contributed by atoms with Gasteiger partial charge in [-0.25, -0.2) is 15.1 Å². The van der Waals surface area contributed by atoms with Crippen LogP contribution >= 0.6 is 0 Å². The van der Waals surface area contributed by atoms with Crippen molar-refractivity contribution in [1.82, 2.24) is 9.88 Å². The summed E-state index contributed by atoms with van der Waals surface area (Å²) in [7, 11) is 4.08. The molecule has 0 atom stereocenters. The summed E-state index contributed by atoms with van der Waals surface area (Å²) in [5.74, 6) is 0.241. The van der Waals surface area contributed by atoms with E-state index >= 15 is 0 Å². The fourth-order valence-corrected chi connectivity index (χ4v) is 2.13. The highest BCUT2D eigenvalue weighted by Crippen LogP contribution is 2.13. The van der Waals surface area contributed by atoms with E-state index in [0.717, 1.165) is 18.5 Å². The Hall–Kier alpha value is -2.47. The number of hydrazine groups is 1. The van der Waals surface area contributed by atoms with E-state index in [4.69, 9.17) is 0 Å². The number of nitrogens with one attached hydrogen (secondary N) is 1. The molecule has 0 fully saturated rings. The van der Waals surface area contributed by atoms with Gasteiger partial charge in [0.05, 0.1) is 0 Å². The van der Waals surface area contributed by atoms with Gasteiger partial charge in [0.25, 0.3) is 0 Å². The fourth-order valence-electron chi connectivity index (χ4n) is 2.13. The summed E-state index contributed by atoms with van der Waals surface area (Å²) in [5.41, 5.74) is 5.51. The fraction of sp³-hybridized carbons (Fsp3) is 0.267. The van der Waals surface area contributed by atoms with Crippen LogP contribution in [0.1, 0.15) is 16.7 Å². The number of hydrogen-bond acceptors (Lipinski definition) is 4. The van der Waals surface area contributed by atoms with E-state index in [1.165, 1.54) is 11.1 Å². The number of anilines is 1. The van der Waals surface area contributed by atoms with Crippen molar-refractivity contribution in [2.24, 2.45) is 0 Å². The maximum atomic E-state index is 10.3. The Labute approximate surface area is 123 Å². The molecule has 6 nitrogen and oxygen atoms in total. The number of nitro groups is 1. The summed E-state index contributed by atoms with van der Waals surface area (Å²) in [5, 5.41) is 9.70. The normalized spacial score (nSPS) is 10.6. The zero-order valence-corrected chi connectivity index (χ0v) is 12.1. The van der Waals surface area contributed by atoms with Crippen LogP contribution in [0, 0.1) is 10.1 Å². The van der Waals surface area contributed by atoms with Crippen LogP contribution < -0.4 is 5.43 Å². The van der Waals surface area contributed by atoms with Crippen LogP contribution in [0.4, 0.5) is 5.82 Å². The van der Waals surface area contributed by atoms with Gasteiger partial charge in [-0.2, -0.15) is 0 Å². The van der Waals surface area contributed by atoms with Crippen molar-refractivity contribution in [3.63, 3.8) is 0 Å². The monoisotopic (exact) mass is 286 g/mol. The lowest BCUT2D eigenvalue weighted by atomic mass is 10.0. The molecular weight excluding hydrogens is 268 g/mol. The average Bonchev–Trinajstić information content (AvgIpc) is 2.40. The van der Waals surface area contributed by atoms with Gasteiger partial charge in [0.15, 0.2) is 10.9 Å². The number of benzene rings is 1. The third kappa shape index (κ3) is 4.85. The molecule has 0 spiro atoms. The Kier molecular flexibility index (Phi) is 4.84. The van der Waals surface area contributed by atoms with E-state index in [1.807, 2.05) is 31.7 Å². The molecule has 2 aromatic rings. The predicted molar refractivity (Wildman–Crippen MR) is 81.5 cm³/mol. The molecule has 0 amide bonds. The number of nitrogens with zero attached hydrogens (tertiary/aromatic N) is 3. The molecule has 0 aliphatic rings. The second-order valence-electron chi connectivity index (χ2n) is 5.16. The second-order valence-corrected chi connectivity index (χ2v) is 5.16. The first-order chi connectivity index (χ1) is 10.0. The van der Waals surface area contributed by atoms with E-state index in [0.29, 0.717) is 0 Å². The minimum atomic E-state index is -0.618. The van der Waals surface area contributed by atoms with Gasteiger partial charge in [0.1, 0.15) is 0 Å². The Balaban J connectivity index is 2.05. The Morgan fingerprint density at radius 3 is 2.57 bits per heavy atom. The van der Waals surface area contributed by atoms with Crippen molar-refractivity contribution in [3.8, 4) is 0 Å². The zero-order chi connectivity index (χ0) is 15.2. The van der Waals surface area contributed by atoms with E-state index in [9.17, 15) is 10.1 Å². The number of rotatable bonds is 6. The van der Waals surface area contributed by atoms with Crippen molar-refractivity contribution in [2.45, 2.75) is 13.0 Å². The maximum absolute atomic E-state index is 10.3. The quantitative estimate of drug-likeness (QED) is 0.652. The van der Waals surface area contributed by atoms with Gasteiger partial charge in [-0.3, -0.25) is 0 Å². The summed E-state index contributed by atoms with van der Waals surface area (Å²) in [6.45, 7) is 0.901. The topological polar surface area (TPSA) is 71.3 Å². The van der Waals surface area contributed by atoms with Crippen LogP contribution in [0.15, 0.2) is 42.6 Å². The van der Waals surface area contributed by atoms with E-state index in [2.05, 4.69) is 28.1 Å². The summed E-state index contributed by atoms with van der Waals surface area (Å²) in [6.07, 6.45) is 2.41. The van der Waals surface area contributed by atoms with Crippen LogP contribution in [0.3, 0.4) is 0 Å². The summed E-state index contributed by atoms with van der Waals surface area (Å²) < 4.78 is 0. The molecule has 21 heavy (non-hydrogen) atoms. The van der Waals surface area contributed by atoms with Crippen molar-refractivity contribution in [3.05, 3.63) is 69.4 Å². The molecule has 2 rings (SSSR count). The van der Waals surface area contributed by atoms with Gasteiger partial charge < -0.3 is 4.90 Å². The third-order valence-corrected chi connectivity index (χ3v) is 2.93.